The summed E-state index contributed by atoms with van der Waals surface area (Å²) in [6.07, 6.45) is 6.05. The molecule has 5 nitrogen and oxygen atoms in total. The van der Waals surface area contributed by atoms with Gasteiger partial charge >= 0.3 is 5.97 Å². The summed E-state index contributed by atoms with van der Waals surface area (Å²) in [5.41, 5.74) is 4.80. The summed E-state index contributed by atoms with van der Waals surface area (Å²) in [7, 11) is 1.41. The van der Waals surface area contributed by atoms with Crippen LogP contribution in [0.25, 0.3) is 0 Å². The van der Waals surface area contributed by atoms with E-state index < -0.39 is 0 Å². The minimum Gasteiger partial charge on any atom is -0.493 e. The van der Waals surface area contributed by atoms with E-state index >= 15 is 0 Å². The number of hydrogen-bond donors (Lipinski definition) is 1. The Balaban J connectivity index is 1.48. The third-order valence-electron chi connectivity index (χ3n) is 5.31. The smallest absolute Gasteiger partial charge is 0.338 e. The zero-order chi connectivity index (χ0) is 20.1. The second-order valence-electron chi connectivity index (χ2n) is 7.14. The third-order valence-corrected chi connectivity index (χ3v) is 5.31. The molecule has 0 saturated carbocycles. The van der Waals surface area contributed by atoms with Crippen LogP contribution in [0.5, 0.6) is 5.75 Å². The number of pyridine rings is 1. The first kappa shape index (κ1) is 19.0. The molecule has 0 fully saturated rings. The Morgan fingerprint density at radius 1 is 1.17 bits per heavy atom. The number of nitrogens with zero attached hydrogens (tertiary/aromatic N) is 1. The van der Waals surface area contributed by atoms with Gasteiger partial charge in [-0.05, 0) is 60.6 Å². The number of benzene rings is 2. The van der Waals surface area contributed by atoms with Gasteiger partial charge in [0.05, 0.1) is 19.3 Å². The van der Waals surface area contributed by atoms with E-state index in [-0.39, 0.29) is 5.97 Å². The van der Waals surface area contributed by atoms with Gasteiger partial charge in [-0.2, -0.15) is 0 Å². The van der Waals surface area contributed by atoms with Gasteiger partial charge in [-0.25, -0.2) is 4.79 Å². The first-order chi connectivity index (χ1) is 14.2. The topological polar surface area (TPSA) is 60.5 Å². The van der Waals surface area contributed by atoms with Crippen molar-refractivity contribution in [2.45, 2.75) is 25.2 Å². The van der Waals surface area contributed by atoms with E-state index in [9.17, 15) is 4.79 Å². The zero-order valence-electron chi connectivity index (χ0n) is 16.4. The van der Waals surface area contributed by atoms with Crippen molar-refractivity contribution < 1.29 is 14.3 Å². The van der Waals surface area contributed by atoms with Crippen molar-refractivity contribution in [1.82, 2.24) is 4.98 Å². The van der Waals surface area contributed by atoms with Crippen molar-refractivity contribution in [1.29, 1.82) is 0 Å². The van der Waals surface area contributed by atoms with Gasteiger partial charge in [0.15, 0.2) is 0 Å². The summed E-state index contributed by atoms with van der Waals surface area (Å²) in [5, 5.41) is 3.41. The molecule has 1 unspecified atom stereocenters. The lowest BCUT2D eigenvalue weighted by Gasteiger charge is -2.27. The zero-order valence-corrected chi connectivity index (χ0v) is 16.4. The number of carbonyl (C=O) groups is 1. The van der Waals surface area contributed by atoms with Crippen LogP contribution in [-0.4, -0.2) is 24.7 Å². The van der Waals surface area contributed by atoms with Gasteiger partial charge in [0.25, 0.3) is 0 Å². The molecule has 0 saturated heterocycles. The first-order valence-electron chi connectivity index (χ1n) is 9.84. The average molecular weight is 388 g/mol. The van der Waals surface area contributed by atoms with E-state index in [4.69, 9.17) is 9.47 Å². The number of fused-ring (bicyclic) bond motifs is 1. The van der Waals surface area contributed by atoms with Crippen LogP contribution in [0, 0.1) is 0 Å². The highest BCUT2D eigenvalue weighted by Crippen LogP contribution is 2.38. The summed E-state index contributed by atoms with van der Waals surface area (Å²) < 4.78 is 10.8. The van der Waals surface area contributed by atoms with Crippen molar-refractivity contribution >= 4 is 17.3 Å². The third kappa shape index (κ3) is 4.40. The van der Waals surface area contributed by atoms with E-state index in [2.05, 4.69) is 28.5 Å². The fourth-order valence-corrected chi connectivity index (χ4v) is 3.79. The van der Waals surface area contributed by atoms with Crippen LogP contribution < -0.4 is 10.1 Å². The molecular weight excluding hydrogens is 364 g/mol. The summed E-state index contributed by atoms with van der Waals surface area (Å²) >= 11 is 0. The van der Waals surface area contributed by atoms with Crippen LogP contribution in [0.15, 0.2) is 67.0 Å². The van der Waals surface area contributed by atoms with Crippen molar-refractivity contribution in [2.75, 3.05) is 19.0 Å². The summed E-state index contributed by atoms with van der Waals surface area (Å²) in [4.78, 5) is 16.2. The fourth-order valence-electron chi connectivity index (χ4n) is 3.79. The minimum atomic E-state index is -0.314. The van der Waals surface area contributed by atoms with Gasteiger partial charge in [-0.15, -0.1) is 0 Å². The van der Waals surface area contributed by atoms with E-state index in [1.165, 1.54) is 12.7 Å². The quantitative estimate of drug-likeness (QED) is 0.595. The van der Waals surface area contributed by atoms with Crippen molar-refractivity contribution in [2.24, 2.45) is 0 Å². The molecule has 1 atom stereocenters. The molecule has 0 radical (unpaired) electrons. The number of carbonyl (C=O) groups excluding carboxylic acids is 1. The molecule has 0 spiro atoms. The lowest BCUT2D eigenvalue weighted by Crippen LogP contribution is -2.16. The molecule has 1 N–H and O–H groups in total. The standard InChI is InChI=1S/C24H24N2O3/c1-28-24(27)22-11-13-25-16-18(22)8-7-17-12-14-29-23-15-20(9-10-21(17)23)26-19-5-3-2-4-6-19/h2-6,9-11,13,15-17,26H,7-8,12,14H2,1H3. The van der Waals surface area contributed by atoms with E-state index in [1.54, 1.807) is 18.5 Å². The van der Waals surface area contributed by atoms with E-state index in [0.717, 1.165) is 42.0 Å². The largest absolute Gasteiger partial charge is 0.493 e. The highest BCUT2D eigenvalue weighted by molar-refractivity contribution is 5.90. The van der Waals surface area contributed by atoms with Crippen LogP contribution in [0.1, 0.15) is 40.2 Å². The molecule has 1 aliphatic rings. The highest BCUT2D eigenvalue weighted by atomic mass is 16.5. The van der Waals surface area contributed by atoms with Gasteiger partial charge in [0.2, 0.25) is 0 Å². The molecule has 2 heterocycles. The van der Waals surface area contributed by atoms with Gasteiger partial charge in [-0.3, -0.25) is 4.98 Å². The maximum atomic E-state index is 12.0. The van der Waals surface area contributed by atoms with Gasteiger partial charge < -0.3 is 14.8 Å². The molecule has 0 amide bonds. The van der Waals surface area contributed by atoms with Crippen LogP contribution in [-0.2, 0) is 11.2 Å². The monoisotopic (exact) mass is 388 g/mol. The Hall–Kier alpha value is -3.34. The van der Waals surface area contributed by atoms with Crippen LogP contribution in [0.4, 0.5) is 11.4 Å². The van der Waals surface area contributed by atoms with E-state index in [1.807, 2.05) is 30.3 Å². The lowest BCUT2D eigenvalue weighted by atomic mass is 9.87. The number of hydrogen-bond acceptors (Lipinski definition) is 5. The van der Waals surface area contributed by atoms with Crippen LogP contribution in [0.3, 0.4) is 0 Å². The predicted octanol–water partition coefficient (Wildman–Crippen LogP) is 5.11. The van der Waals surface area contributed by atoms with Crippen molar-refractivity contribution in [3.63, 3.8) is 0 Å². The van der Waals surface area contributed by atoms with Gasteiger partial charge in [0, 0.05) is 29.8 Å². The Labute approximate surface area is 170 Å². The molecule has 2 aromatic carbocycles. The maximum Gasteiger partial charge on any atom is 0.338 e. The molecule has 3 aromatic rings. The predicted molar refractivity (Wildman–Crippen MR) is 113 cm³/mol. The second-order valence-corrected chi connectivity index (χ2v) is 7.14. The molecule has 0 aliphatic carbocycles. The summed E-state index contributed by atoms with van der Waals surface area (Å²) in [6.45, 7) is 0.698. The molecular formula is C24H24N2O3. The average Bonchev–Trinajstić information content (AvgIpc) is 2.78. The number of aryl methyl sites for hydroxylation is 1. The fraction of sp³-hybridized carbons (Fsp3) is 0.250. The molecule has 29 heavy (non-hydrogen) atoms. The SMILES string of the molecule is COC(=O)c1ccncc1CCC1CCOc2cc(Nc3ccccc3)ccc21. The molecule has 148 valence electrons. The Morgan fingerprint density at radius 3 is 2.86 bits per heavy atom. The molecule has 5 heteroatoms. The number of anilines is 2. The summed E-state index contributed by atoms with van der Waals surface area (Å²) in [5.74, 6) is 1.00. The van der Waals surface area contributed by atoms with Crippen molar-refractivity contribution in [3.05, 3.63) is 83.7 Å². The van der Waals surface area contributed by atoms with Gasteiger partial charge in [-0.1, -0.05) is 24.3 Å². The highest BCUT2D eigenvalue weighted by Gasteiger charge is 2.22. The van der Waals surface area contributed by atoms with Crippen LogP contribution in [0.2, 0.25) is 0 Å². The lowest BCUT2D eigenvalue weighted by molar-refractivity contribution is 0.0599. The first-order valence-corrected chi connectivity index (χ1v) is 9.84. The number of esters is 1. The number of para-hydroxylation sites is 1. The van der Waals surface area contributed by atoms with Crippen molar-refractivity contribution in [3.8, 4) is 5.75 Å². The Kier molecular flexibility index (Phi) is 5.75. The second kappa shape index (κ2) is 8.78. The van der Waals surface area contributed by atoms with Crippen LogP contribution >= 0.6 is 0 Å². The molecule has 0 bridgehead atoms. The Bertz CT molecular complexity index is 988. The summed E-state index contributed by atoms with van der Waals surface area (Å²) in [6, 6.07) is 18.1. The maximum absolute atomic E-state index is 12.0. The normalized spacial score (nSPS) is 15.1. The molecule has 1 aromatic heterocycles. The Morgan fingerprint density at radius 2 is 2.03 bits per heavy atom. The number of nitrogens with one attached hydrogen (secondary N) is 1. The number of methoxy groups -OCH3 is 1. The number of ether oxygens (including phenoxy) is 2. The van der Waals surface area contributed by atoms with Gasteiger partial charge in [0.1, 0.15) is 5.75 Å². The van der Waals surface area contributed by atoms with E-state index in [0.29, 0.717) is 18.1 Å². The minimum absolute atomic E-state index is 0.314. The number of aromatic nitrogens is 1. The molecule has 4 rings (SSSR count). The molecule has 1 aliphatic heterocycles. The number of rotatable bonds is 6.